The van der Waals surface area contributed by atoms with Gasteiger partial charge in [-0.05, 0) is 39.0 Å². The van der Waals surface area contributed by atoms with Crippen LogP contribution in [-0.4, -0.2) is 11.6 Å². The first kappa shape index (κ1) is 12.2. The minimum atomic E-state index is -0.644. The number of carbonyl (C=O) groups excluding carboxylic acids is 1. The number of hydrogen-bond acceptors (Lipinski definition) is 3. The molecular formula is C12H12FNO2. The number of esters is 1. The Morgan fingerprint density at radius 2 is 2.06 bits per heavy atom. The van der Waals surface area contributed by atoms with Gasteiger partial charge in [0, 0.05) is 0 Å². The maximum absolute atomic E-state index is 13.0. The van der Waals surface area contributed by atoms with Crippen LogP contribution in [0.5, 0.6) is 0 Å². The van der Waals surface area contributed by atoms with E-state index in [9.17, 15) is 9.18 Å². The van der Waals surface area contributed by atoms with Crippen LogP contribution >= 0.6 is 0 Å². The van der Waals surface area contributed by atoms with Crippen molar-refractivity contribution in [2.75, 3.05) is 0 Å². The third-order valence-corrected chi connectivity index (χ3v) is 1.72. The van der Waals surface area contributed by atoms with Crippen LogP contribution < -0.4 is 0 Å². The number of benzene rings is 1. The third-order valence-electron chi connectivity index (χ3n) is 1.72. The summed E-state index contributed by atoms with van der Waals surface area (Å²) in [7, 11) is 0. The summed E-state index contributed by atoms with van der Waals surface area (Å²) in [6, 6.07) is 5.23. The van der Waals surface area contributed by atoms with E-state index in [-0.39, 0.29) is 11.1 Å². The van der Waals surface area contributed by atoms with Crippen molar-refractivity contribution < 1.29 is 13.9 Å². The molecule has 4 heteroatoms. The van der Waals surface area contributed by atoms with E-state index in [1.165, 1.54) is 12.1 Å². The number of rotatable bonds is 1. The Hall–Kier alpha value is -1.89. The minimum absolute atomic E-state index is 0.164. The lowest BCUT2D eigenvalue weighted by molar-refractivity contribution is 0.00695. The molecule has 0 saturated carbocycles. The largest absolute Gasteiger partial charge is 0.456 e. The molecule has 16 heavy (non-hydrogen) atoms. The molecule has 0 spiro atoms. The van der Waals surface area contributed by atoms with Crippen molar-refractivity contribution in [1.29, 1.82) is 5.26 Å². The van der Waals surface area contributed by atoms with E-state index in [1.54, 1.807) is 26.8 Å². The molecule has 0 unspecified atom stereocenters. The van der Waals surface area contributed by atoms with Crippen LogP contribution in [0, 0.1) is 17.1 Å². The summed E-state index contributed by atoms with van der Waals surface area (Å²) in [6.45, 7) is 5.21. The first-order chi connectivity index (χ1) is 7.33. The number of nitrogens with zero attached hydrogens (tertiary/aromatic N) is 1. The van der Waals surface area contributed by atoms with Crippen LogP contribution in [0.1, 0.15) is 36.7 Å². The highest BCUT2D eigenvalue weighted by Crippen LogP contribution is 2.14. The van der Waals surface area contributed by atoms with Crippen molar-refractivity contribution in [2.45, 2.75) is 26.4 Å². The highest BCUT2D eigenvalue weighted by molar-refractivity contribution is 5.90. The molecule has 0 bridgehead atoms. The van der Waals surface area contributed by atoms with Crippen molar-refractivity contribution in [2.24, 2.45) is 0 Å². The zero-order chi connectivity index (χ0) is 12.3. The fourth-order valence-electron chi connectivity index (χ4n) is 1.07. The van der Waals surface area contributed by atoms with Gasteiger partial charge in [0.2, 0.25) is 0 Å². The van der Waals surface area contributed by atoms with Gasteiger partial charge in [-0.1, -0.05) is 0 Å². The van der Waals surface area contributed by atoms with Gasteiger partial charge >= 0.3 is 5.97 Å². The molecule has 0 aliphatic heterocycles. The normalized spacial score (nSPS) is 10.7. The van der Waals surface area contributed by atoms with Crippen LogP contribution in [0.25, 0.3) is 0 Å². The molecule has 0 radical (unpaired) electrons. The number of carbonyl (C=O) groups is 1. The average molecular weight is 221 g/mol. The summed E-state index contributed by atoms with van der Waals surface area (Å²) in [5, 5.41) is 8.62. The van der Waals surface area contributed by atoms with Gasteiger partial charge in [-0.2, -0.15) is 5.26 Å². The Kier molecular flexibility index (Phi) is 3.28. The second kappa shape index (κ2) is 4.31. The van der Waals surface area contributed by atoms with Crippen molar-refractivity contribution in [3.63, 3.8) is 0 Å². The molecule has 3 nitrogen and oxygen atoms in total. The SMILES string of the molecule is CC(C)(C)OC(=O)c1ccc(F)c(C#N)c1. The summed E-state index contributed by atoms with van der Waals surface area (Å²) in [5.74, 6) is -1.21. The average Bonchev–Trinajstić information content (AvgIpc) is 2.15. The molecule has 84 valence electrons. The Labute approximate surface area is 93.5 Å². The predicted octanol–water partition coefficient (Wildman–Crippen LogP) is 2.65. The number of ether oxygens (including phenoxy) is 1. The molecule has 0 saturated heterocycles. The number of halogens is 1. The van der Waals surface area contributed by atoms with Gasteiger partial charge in [0.1, 0.15) is 17.5 Å². The van der Waals surface area contributed by atoms with E-state index in [4.69, 9.17) is 10.00 Å². The fraction of sp³-hybridized carbons (Fsp3) is 0.333. The van der Waals surface area contributed by atoms with Crippen LogP contribution in [0.4, 0.5) is 4.39 Å². The smallest absolute Gasteiger partial charge is 0.338 e. The zero-order valence-electron chi connectivity index (χ0n) is 9.37. The topological polar surface area (TPSA) is 50.1 Å². The van der Waals surface area contributed by atoms with Crippen molar-refractivity contribution >= 4 is 5.97 Å². The van der Waals surface area contributed by atoms with E-state index in [1.807, 2.05) is 0 Å². The first-order valence-corrected chi connectivity index (χ1v) is 4.76. The van der Waals surface area contributed by atoms with Crippen LogP contribution in [0.3, 0.4) is 0 Å². The highest BCUT2D eigenvalue weighted by Gasteiger charge is 2.18. The van der Waals surface area contributed by atoms with Crippen LogP contribution in [0.15, 0.2) is 18.2 Å². The molecule has 0 aliphatic rings. The Morgan fingerprint density at radius 3 is 2.56 bits per heavy atom. The minimum Gasteiger partial charge on any atom is -0.456 e. The molecule has 0 N–H and O–H groups in total. The van der Waals surface area contributed by atoms with Crippen LogP contribution in [0.2, 0.25) is 0 Å². The lowest BCUT2D eigenvalue weighted by atomic mass is 10.1. The summed E-state index contributed by atoms with van der Waals surface area (Å²) < 4.78 is 18.1. The molecule has 0 atom stereocenters. The standard InChI is InChI=1S/C12H12FNO2/c1-12(2,3)16-11(15)8-4-5-10(13)9(6-8)7-14/h4-6H,1-3H3. The summed E-state index contributed by atoms with van der Waals surface area (Å²) in [4.78, 5) is 11.6. The van der Waals surface area contributed by atoms with Gasteiger partial charge in [-0.3, -0.25) is 0 Å². The van der Waals surface area contributed by atoms with Gasteiger partial charge < -0.3 is 4.74 Å². The second-order valence-corrected chi connectivity index (χ2v) is 4.31. The summed E-state index contributed by atoms with van der Waals surface area (Å²) in [6.07, 6.45) is 0. The second-order valence-electron chi connectivity index (χ2n) is 4.31. The van der Waals surface area contributed by atoms with Gasteiger partial charge in [-0.25, -0.2) is 9.18 Å². The maximum Gasteiger partial charge on any atom is 0.338 e. The van der Waals surface area contributed by atoms with E-state index in [0.29, 0.717) is 0 Å². The maximum atomic E-state index is 13.0. The molecule has 0 fully saturated rings. The van der Waals surface area contributed by atoms with Gasteiger partial charge in [0.05, 0.1) is 11.1 Å². The quantitative estimate of drug-likeness (QED) is 0.685. The van der Waals surface area contributed by atoms with Gasteiger partial charge in [0.25, 0.3) is 0 Å². The lowest BCUT2D eigenvalue weighted by Gasteiger charge is -2.19. The highest BCUT2D eigenvalue weighted by atomic mass is 19.1. The molecule has 0 aliphatic carbocycles. The van der Waals surface area contributed by atoms with Crippen molar-refractivity contribution in [3.05, 3.63) is 35.1 Å². The third kappa shape index (κ3) is 3.06. The van der Waals surface area contributed by atoms with E-state index >= 15 is 0 Å². The molecule has 0 aromatic heterocycles. The Morgan fingerprint density at radius 1 is 1.44 bits per heavy atom. The molecule has 0 amide bonds. The molecule has 1 rings (SSSR count). The number of hydrogen-bond donors (Lipinski definition) is 0. The van der Waals surface area contributed by atoms with E-state index < -0.39 is 17.4 Å². The fourth-order valence-corrected chi connectivity index (χ4v) is 1.07. The van der Waals surface area contributed by atoms with Crippen LogP contribution in [-0.2, 0) is 4.74 Å². The Bertz CT molecular complexity index is 455. The monoisotopic (exact) mass is 221 g/mol. The van der Waals surface area contributed by atoms with Gasteiger partial charge in [-0.15, -0.1) is 0 Å². The number of nitriles is 1. The van der Waals surface area contributed by atoms with Crippen molar-refractivity contribution in [1.82, 2.24) is 0 Å². The molecule has 1 aromatic carbocycles. The first-order valence-electron chi connectivity index (χ1n) is 4.76. The van der Waals surface area contributed by atoms with E-state index in [2.05, 4.69) is 0 Å². The molecule has 1 aromatic rings. The summed E-state index contributed by atoms with van der Waals surface area (Å²) >= 11 is 0. The predicted molar refractivity (Wildman–Crippen MR) is 56.3 cm³/mol. The summed E-state index contributed by atoms with van der Waals surface area (Å²) in [5.41, 5.74) is -0.602. The molecule has 0 heterocycles. The lowest BCUT2D eigenvalue weighted by Crippen LogP contribution is -2.23. The van der Waals surface area contributed by atoms with Gasteiger partial charge in [0.15, 0.2) is 0 Å². The van der Waals surface area contributed by atoms with E-state index in [0.717, 1.165) is 6.07 Å². The zero-order valence-corrected chi connectivity index (χ0v) is 9.37. The van der Waals surface area contributed by atoms with Crippen molar-refractivity contribution in [3.8, 4) is 6.07 Å². The molecular weight excluding hydrogens is 209 g/mol. The Balaban J connectivity index is 2.98.